The Bertz CT molecular complexity index is 448. The molecule has 110 valence electrons. The average Bonchev–Trinajstić information content (AvgIpc) is 2.48. The fourth-order valence-corrected chi connectivity index (χ4v) is 2.64. The Balaban J connectivity index is 2.07. The van der Waals surface area contributed by atoms with E-state index >= 15 is 0 Å². The molecule has 0 aromatic heterocycles. The molecule has 5 atom stereocenters. The molecule has 0 bridgehead atoms. The summed E-state index contributed by atoms with van der Waals surface area (Å²) in [7, 11) is 0. The molecule has 1 fully saturated rings. The molecule has 0 spiro atoms. The lowest BCUT2D eigenvalue weighted by atomic mass is 9.83. The number of ether oxygens (including phenoxy) is 2. The highest BCUT2D eigenvalue weighted by Crippen LogP contribution is 2.34. The van der Waals surface area contributed by atoms with Crippen LogP contribution in [0.15, 0.2) is 30.3 Å². The number of hydrogen-bond acceptors (Lipinski definition) is 3. The first kappa shape index (κ1) is 15.0. The Morgan fingerprint density at radius 2 is 1.90 bits per heavy atom. The van der Waals surface area contributed by atoms with Gasteiger partial charge in [-0.3, -0.25) is 0 Å². The van der Waals surface area contributed by atoms with Crippen LogP contribution >= 0.6 is 0 Å². The van der Waals surface area contributed by atoms with Crippen LogP contribution in [-0.2, 0) is 9.47 Å². The smallest absolute Gasteiger partial charge is 0.338 e. The highest BCUT2D eigenvalue weighted by molar-refractivity contribution is 5.89. The van der Waals surface area contributed by atoms with Crippen molar-refractivity contribution in [1.82, 2.24) is 0 Å². The van der Waals surface area contributed by atoms with Gasteiger partial charge >= 0.3 is 5.97 Å². The van der Waals surface area contributed by atoms with E-state index in [0.29, 0.717) is 5.56 Å². The third-order valence-corrected chi connectivity index (χ3v) is 4.15. The highest BCUT2D eigenvalue weighted by Gasteiger charge is 2.43. The molecule has 0 aliphatic carbocycles. The van der Waals surface area contributed by atoms with Crippen molar-refractivity contribution in [3.63, 3.8) is 0 Å². The quantitative estimate of drug-likeness (QED) is 0.794. The van der Waals surface area contributed by atoms with Gasteiger partial charge in [-0.15, -0.1) is 0 Å². The minimum absolute atomic E-state index is 0.0728. The van der Waals surface area contributed by atoms with Gasteiger partial charge < -0.3 is 9.47 Å². The highest BCUT2D eigenvalue weighted by atomic mass is 19.1. The second-order valence-electron chi connectivity index (χ2n) is 5.39. The van der Waals surface area contributed by atoms with Crippen LogP contribution in [0.25, 0.3) is 0 Å². The first-order valence-electron chi connectivity index (χ1n) is 7.10. The molecule has 0 saturated carbocycles. The van der Waals surface area contributed by atoms with Crippen LogP contribution in [0.4, 0.5) is 4.39 Å². The van der Waals surface area contributed by atoms with E-state index < -0.39 is 18.4 Å². The molecule has 0 amide bonds. The summed E-state index contributed by atoms with van der Waals surface area (Å²) in [6.07, 6.45) is -1.77. The van der Waals surface area contributed by atoms with Crippen molar-refractivity contribution in [2.24, 2.45) is 11.8 Å². The number of halogens is 1. The van der Waals surface area contributed by atoms with E-state index in [9.17, 15) is 9.18 Å². The summed E-state index contributed by atoms with van der Waals surface area (Å²) in [5.74, 6) is -0.423. The topological polar surface area (TPSA) is 35.5 Å². The van der Waals surface area contributed by atoms with Gasteiger partial charge in [-0.05, 0) is 24.5 Å². The summed E-state index contributed by atoms with van der Waals surface area (Å²) >= 11 is 0. The van der Waals surface area contributed by atoms with Crippen molar-refractivity contribution < 1.29 is 18.7 Å². The Hall–Kier alpha value is -1.42. The predicted molar refractivity (Wildman–Crippen MR) is 74.0 cm³/mol. The third kappa shape index (κ3) is 3.01. The van der Waals surface area contributed by atoms with Crippen molar-refractivity contribution in [2.75, 3.05) is 0 Å². The van der Waals surface area contributed by atoms with Gasteiger partial charge in [0.05, 0.1) is 11.7 Å². The molecule has 1 heterocycles. The lowest BCUT2D eigenvalue weighted by Crippen LogP contribution is -2.49. The summed E-state index contributed by atoms with van der Waals surface area (Å²) in [5, 5.41) is 0. The molecule has 5 unspecified atom stereocenters. The van der Waals surface area contributed by atoms with Crippen molar-refractivity contribution in [1.29, 1.82) is 0 Å². The fourth-order valence-electron chi connectivity index (χ4n) is 2.64. The van der Waals surface area contributed by atoms with E-state index in [-0.39, 0.29) is 17.9 Å². The summed E-state index contributed by atoms with van der Waals surface area (Å²) in [5.41, 5.74) is 0.428. The molecule has 1 aliphatic heterocycles. The van der Waals surface area contributed by atoms with E-state index in [1.807, 2.05) is 26.8 Å². The van der Waals surface area contributed by atoms with E-state index in [2.05, 4.69) is 0 Å². The zero-order valence-corrected chi connectivity index (χ0v) is 12.1. The van der Waals surface area contributed by atoms with Crippen LogP contribution in [0.2, 0.25) is 0 Å². The van der Waals surface area contributed by atoms with Gasteiger partial charge in [0.15, 0.2) is 6.10 Å². The number of benzene rings is 1. The van der Waals surface area contributed by atoms with Crippen LogP contribution in [0.1, 0.15) is 37.6 Å². The molecular weight excluding hydrogens is 259 g/mol. The van der Waals surface area contributed by atoms with Gasteiger partial charge in [0.2, 0.25) is 6.36 Å². The molecule has 1 aliphatic rings. The molecule has 1 aromatic carbocycles. The third-order valence-electron chi connectivity index (χ3n) is 4.15. The summed E-state index contributed by atoms with van der Waals surface area (Å²) in [4.78, 5) is 12.0. The molecule has 20 heavy (non-hydrogen) atoms. The van der Waals surface area contributed by atoms with Crippen LogP contribution in [-0.4, -0.2) is 24.5 Å². The standard InChI is InChI=1S/C16H21FO3/c1-4-13-10(2)11(3)14(15(17)19-13)20-16(18)12-8-6-5-7-9-12/h5-11,13-15H,4H2,1-3H3. The monoisotopic (exact) mass is 280 g/mol. The molecule has 1 saturated heterocycles. The zero-order chi connectivity index (χ0) is 14.7. The number of carbonyl (C=O) groups excluding carboxylic acids is 1. The SMILES string of the molecule is CCC1OC(F)C(OC(=O)c2ccccc2)C(C)C1C. The average molecular weight is 280 g/mol. The normalized spacial score (nSPS) is 33.7. The number of esters is 1. The minimum Gasteiger partial charge on any atom is -0.453 e. The van der Waals surface area contributed by atoms with E-state index in [0.717, 1.165) is 6.42 Å². The summed E-state index contributed by atoms with van der Waals surface area (Å²) < 4.78 is 24.7. The van der Waals surface area contributed by atoms with Crippen LogP contribution in [0, 0.1) is 11.8 Å². The van der Waals surface area contributed by atoms with Gasteiger partial charge in [0.25, 0.3) is 0 Å². The van der Waals surface area contributed by atoms with Gasteiger partial charge in [0, 0.05) is 5.92 Å². The van der Waals surface area contributed by atoms with Crippen molar-refractivity contribution in [3.8, 4) is 0 Å². The Morgan fingerprint density at radius 1 is 1.25 bits per heavy atom. The van der Waals surface area contributed by atoms with E-state index in [1.165, 1.54) is 0 Å². The molecule has 4 heteroatoms. The summed E-state index contributed by atoms with van der Waals surface area (Å²) in [6.45, 7) is 5.89. The number of carbonyl (C=O) groups is 1. The van der Waals surface area contributed by atoms with Crippen molar-refractivity contribution in [3.05, 3.63) is 35.9 Å². The number of rotatable bonds is 3. The number of hydrogen-bond donors (Lipinski definition) is 0. The van der Waals surface area contributed by atoms with Gasteiger partial charge in [-0.1, -0.05) is 39.0 Å². The van der Waals surface area contributed by atoms with E-state index in [1.54, 1.807) is 24.3 Å². The Labute approximate surface area is 119 Å². The largest absolute Gasteiger partial charge is 0.453 e. The van der Waals surface area contributed by atoms with Gasteiger partial charge in [0.1, 0.15) is 0 Å². The fraction of sp³-hybridized carbons (Fsp3) is 0.562. The van der Waals surface area contributed by atoms with Crippen molar-refractivity contribution in [2.45, 2.75) is 45.8 Å². The minimum atomic E-state index is -1.56. The maximum atomic E-state index is 14.1. The van der Waals surface area contributed by atoms with Crippen molar-refractivity contribution >= 4 is 5.97 Å². The lowest BCUT2D eigenvalue weighted by Gasteiger charge is -2.40. The summed E-state index contributed by atoms with van der Waals surface area (Å²) in [6, 6.07) is 8.62. The molecular formula is C16H21FO3. The predicted octanol–water partition coefficient (Wildman–Crippen LogP) is 3.59. The second kappa shape index (κ2) is 6.35. The Morgan fingerprint density at radius 3 is 2.50 bits per heavy atom. The first-order chi connectivity index (χ1) is 9.54. The lowest BCUT2D eigenvalue weighted by molar-refractivity contribution is -0.217. The Kier molecular flexibility index (Phi) is 4.76. The van der Waals surface area contributed by atoms with Crippen LogP contribution < -0.4 is 0 Å². The number of alkyl halides is 1. The zero-order valence-electron chi connectivity index (χ0n) is 12.1. The molecule has 3 nitrogen and oxygen atoms in total. The van der Waals surface area contributed by atoms with Gasteiger partial charge in [-0.2, -0.15) is 0 Å². The second-order valence-corrected chi connectivity index (χ2v) is 5.39. The van der Waals surface area contributed by atoms with E-state index in [4.69, 9.17) is 9.47 Å². The molecule has 2 rings (SSSR count). The maximum Gasteiger partial charge on any atom is 0.338 e. The molecule has 0 N–H and O–H groups in total. The first-order valence-corrected chi connectivity index (χ1v) is 7.10. The maximum absolute atomic E-state index is 14.1. The molecule has 0 radical (unpaired) electrons. The van der Waals surface area contributed by atoms with Crippen LogP contribution in [0.3, 0.4) is 0 Å². The van der Waals surface area contributed by atoms with Gasteiger partial charge in [-0.25, -0.2) is 9.18 Å². The van der Waals surface area contributed by atoms with Crippen LogP contribution in [0.5, 0.6) is 0 Å². The molecule has 1 aromatic rings.